The van der Waals surface area contributed by atoms with E-state index in [1.54, 1.807) is 28.5 Å². The van der Waals surface area contributed by atoms with Gasteiger partial charge in [0.1, 0.15) is 15.8 Å². The third kappa shape index (κ3) is 3.83. The number of anilines is 3. The number of hydrogen-bond acceptors (Lipinski definition) is 9. The van der Waals surface area contributed by atoms with Gasteiger partial charge in [0.15, 0.2) is 5.65 Å². The third-order valence-corrected chi connectivity index (χ3v) is 9.49. The smallest absolute Gasteiger partial charge is 0.252 e. The normalized spacial score (nSPS) is 16.8. The SMILES string of the molecule is Cc1cc(Nc2cc(N3CCCC3N)nc3c(-c4cnn(C)c4)cnn23)sc1S(=O)(=O)N(C)C. The molecule has 180 valence electrons. The molecule has 0 bridgehead atoms. The van der Waals surface area contributed by atoms with Crippen molar-refractivity contribution < 1.29 is 8.42 Å². The first kappa shape index (κ1) is 22.8. The maximum Gasteiger partial charge on any atom is 0.252 e. The van der Waals surface area contributed by atoms with Crippen molar-refractivity contribution in [2.45, 2.75) is 30.1 Å². The number of fused-ring (bicyclic) bond motifs is 1. The van der Waals surface area contributed by atoms with Crippen molar-refractivity contribution in [3.05, 3.63) is 36.3 Å². The van der Waals surface area contributed by atoms with Crippen LogP contribution in [0.5, 0.6) is 0 Å². The number of rotatable bonds is 6. The molecule has 0 radical (unpaired) electrons. The molecule has 0 amide bonds. The molecule has 11 nitrogen and oxygen atoms in total. The molecule has 1 aliphatic heterocycles. The summed E-state index contributed by atoms with van der Waals surface area (Å²) in [4.78, 5) is 7.00. The Bertz CT molecular complexity index is 1470. The molecule has 0 aliphatic carbocycles. The maximum atomic E-state index is 12.7. The molecule has 1 aliphatic rings. The standard InChI is InChI=1S/C21H27N9O2S2/c1-13-8-19(33-21(13)34(31,32)27(2)3)25-18-9-17(29-7-5-6-16(29)22)26-20-15(11-24-30(18)20)14-10-23-28(4)12-14/h8-12,16,25H,5-7,22H2,1-4H3. The molecule has 1 unspecified atom stereocenters. The van der Waals surface area contributed by atoms with E-state index in [2.05, 4.69) is 20.4 Å². The van der Waals surface area contributed by atoms with Gasteiger partial charge in [0.2, 0.25) is 0 Å². The Labute approximate surface area is 201 Å². The number of thiophene rings is 1. The molecule has 1 fully saturated rings. The fourth-order valence-electron chi connectivity index (χ4n) is 4.10. The molecule has 1 saturated heterocycles. The van der Waals surface area contributed by atoms with Gasteiger partial charge in [0.25, 0.3) is 10.0 Å². The molecule has 0 saturated carbocycles. The monoisotopic (exact) mass is 501 g/mol. The lowest BCUT2D eigenvalue weighted by Gasteiger charge is -2.23. The highest BCUT2D eigenvalue weighted by atomic mass is 32.2. The van der Waals surface area contributed by atoms with E-state index in [1.807, 2.05) is 25.4 Å². The van der Waals surface area contributed by atoms with Gasteiger partial charge in [-0.3, -0.25) is 4.68 Å². The Hall–Kier alpha value is -3.00. The molecule has 5 heterocycles. The number of aromatic nitrogens is 5. The quantitative estimate of drug-likeness (QED) is 0.412. The Morgan fingerprint density at radius 1 is 1.24 bits per heavy atom. The number of aryl methyl sites for hydroxylation is 2. The summed E-state index contributed by atoms with van der Waals surface area (Å²) in [5.74, 6) is 1.42. The first-order valence-corrected chi connectivity index (χ1v) is 13.1. The summed E-state index contributed by atoms with van der Waals surface area (Å²) in [7, 11) is 1.39. The number of nitrogens with zero attached hydrogens (tertiary/aromatic N) is 7. The summed E-state index contributed by atoms with van der Waals surface area (Å²) >= 11 is 1.19. The second kappa shape index (κ2) is 8.34. The summed E-state index contributed by atoms with van der Waals surface area (Å²) in [5, 5.41) is 12.9. The van der Waals surface area contributed by atoms with Gasteiger partial charge in [-0.25, -0.2) is 17.7 Å². The van der Waals surface area contributed by atoms with Crippen LogP contribution in [0, 0.1) is 6.92 Å². The molecular formula is C21H27N9O2S2. The lowest BCUT2D eigenvalue weighted by atomic mass is 10.2. The van der Waals surface area contributed by atoms with Crippen LogP contribution in [0.2, 0.25) is 0 Å². The molecule has 3 N–H and O–H groups in total. The van der Waals surface area contributed by atoms with Gasteiger partial charge in [0.05, 0.1) is 23.6 Å². The van der Waals surface area contributed by atoms with Crippen molar-refractivity contribution in [3.63, 3.8) is 0 Å². The maximum absolute atomic E-state index is 12.7. The molecule has 4 aromatic rings. The van der Waals surface area contributed by atoms with Crippen molar-refractivity contribution in [2.24, 2.45) is 12.8 Å². The lowest BCUT2D eigenvalue weighted by Crippen LogP contribution is -2.37. The molecule has 4 aromatic heterocycles. The molecule has 5 rings (SSSR count). The second-order valence-corrected chi connectivity index (χ2v) is 12.0. The van der Waals surface area contributed by atoms with Gasteiger partial charge in [-0.2, -0.15) is 14.7 Å². The van der Waals surface area contributed by atoms with Crippen molar-refractivity contribution in [3.8, 4) is 11.1 Å². The highest BCUT2D eigenvalue weighted by molar-refractivity contribution is 7.91. The zero-order valence-electron chi connectivity index (χ0n) is 19.4. The van der Waals surface area contributed by atoms with Crippen LogP contribution in [0.3, 0.4) is 0 Å². The van der Waals surface area contributed by atoms with E-state index in [4.69, 9.17) is 10.7 Å². The Morgan fingerprint density at radius 3 is 2.68 bits per heavy atom. The zero-order valence-corrected chi connectivity index (χ0v) is 21.1. The van der Waals surface area contributed by atoms with Gasteiger partial charge >= 0.3 is 0 Å². The van der Waals surface area contributed by atoms with Gasteiger partial charge in [-0.05, 0) is 31.4 Å². The second-order valence-electron chi connectivity index (χ2n) is 8.59. The third-order valence-electron chi connectivity index (χ3n) is 5.91. The first-order chi connectivity index (χ1) is 16.1. The van der Waals surface area contributed by atoms with Crippen molar-refractivity contribution in [2.75, 3.05) is 30.9 Å². The van der Waals surface area contributed by atoms with Gasteiger partial charge in [0, 0.05) is 51.1 Å². The molecule has 0 spiro atoms. The summed E-state index contributed by atoms with van der Waals surface area (Å²) in [6.07, 6.45) is 7.26. The number of hydrogen-bond donors (Lipinski definition) is 2. The number of nitrogens with two attached hydrogens (primary N) is 1. The highest BCUT2D eigenvalue weighted by Gasteiger charge is 2.26. The van der Waals surface area contributed by atoms with Crippen molar-refractivity contribution in [1.82, 2.24) is 28.7 Å². The van der Waals surface area contributed by atoms with Crippen LogP contribution in [0.4, 0.5) is 16.6 Å². The molecule has 13 heteroatoms. The Balaban J connectivity index is 1.63. The minimum Gasteiger partial charge on any atom is -0.341 e. The lowest BCUT2D eigenvalue weighted by molar-refractivity contribution is 0.522. The van der Waals surface area contributed by atoms with Crippen molar-refractivity contribution >= 4 is 43.6 Å². The largest absolute Gasteiger partial charge is 0.341 e. The van der Waals surface area contributed by atoms with Crippen LogP contribution < -0.4 is 16.0 Å². The molecular weight excluding hydrogens is 474 g/mol. The van der Waals surface area contributed by atoms with Crippen LogP contribution in [0.25, 0.3) is 16.8 Å². The van der Waals surface area contributed by atoms with Crippen LogP contribution in [-0.2, 0) is 17.1 Å². The number of sulfonamides is 1. The van der Waals surface area contributed by atoms with Crippen LogP contribution >= 0.6 is 11.3 Å². The van der Waals surface area contributed by atoms with E-state index in [0.717, 1.165) is 36.3 Å². The average molecular weight is 502 g/mol. The first-order valence-electron chi connectivity index (χ1n) is 10.8. The van der Waals surface area contributed by atoms with Crippen LogP contribution in [0.15, 0.2) is 34.9 Å². The molecule has 34 heavy (non-hydrogen) atoms. The van der Waals surface area contributed by atoms with Crippen molar-refractivity contribution in [1.29, 1.82) is 0 Å². The van der Waals surface area contributed by atoms with E-state index in [9.17, 15) is 8.42 Å². The minimum absolute atomic E-state index is 0.103. The topological polar surface area (TPSA) is 127 Å². The predicted molar refractivity (Wildman–Crippen MR) is 133 cm³/mol. The van der Waals surface area contributed by atoms with Gasteiger partial charge in [-0.15, -0.1) is 11.3 Å². The Kier molecular flexibility index (Phi) is 5.59. The minimum atomic E-state index is -3.54. The Morgan fingerprint density at radius 2 is 2.03 bits per heavy atom. The molecule has 1 atom stereocenters. The van der Waals surface area contributed by atoms with E-state index >= 15 is 0 Å². The summed E-state index contributed by atoms with van der Waals surface area (Å²) in [6.45, 7) is 2.62. The van der Waals surface area contributed by atoms with Gasteiger partial charge in [-0.1, -0.05) is 0 Å². The van der Waals surface area contributed by atoms with E-state index in [-0.39, 0.29) is 6.17 Å². The van der Waals surface area contributed by atoms with Gasteiger partial charge < -0.3 is 16.0 Å². The van der Waals surface area contributed by atoms with Crippen LogP contribution in [0.1, 0.15) is 18.4 Å². The molecule has 0 aromatic carbocycles. The zero-order chi connectivity index (χ0) is 24.2. The fraction of sp³-hybridized carbons (Fsp3) is 0.381. The summed E-state index contributed by atoms with van der Waals surface area (Å²) < 4.78 is 30.4. The summed E-state index contributed by atoms with van der Waals surface area (Å²) in [5.41, 5.74) is 9.46. The average Bonchev–Trinajstić information content (AvgIpc) is 3.55. The van der Waals surface area contributed by atoms with Crippen LogP contribution in [-0.4, -0.2) is 63.9 Å². The highest BCUT2D eigenvalue weighted by Crippen LogP contribution is 2.36. The van der Waals surface area contributed by atoms with E-state index < -0.39 is 10.0 Å². The van der Waals surface area contributed by atoms with E-state index in [0.29, 0.717) is 26.2 Å². The fourth-order valence-corrected chi connectivity index (χ4v) is 6.85. The number of nitrogens with one attached hydrogen (secondary N) is 1. The summed E-state index contributed by atoms with van der Waals surface area (Å²) in [6, 6.07) is 3.74. The van der Waals surface area contributed by atoms with E-state index in [1.165, 1.54) is 29.7 Å². The predicted octanol–water partition coefficient (Wildman–Crippen LogP) is 2.38.